The summed E-state index contributed by atoms with van der Waals surface area (Å²) < 4.78 is 0. The maximum absolute atomic E-state index is 12.3. The van der Waals surface area contributed by atoms with E-state index in [9.17, 15) is 4.79 Å². The van der Waals surface area contributed by atoms with Crippen LogP contribution < -0.4 is 5.32 Å². The first-order valence-electron chi connectivity index (χ1n) is 6.42. The summed E-state index contributed by atoms with van der Waals surface area (Å²) in [6.45, 7) is 4.55. The molecule has 0 aromatic carbocycles. The summed E-state index contributed by atoms with van der Waals surface area (Å²) in [6.07, 6.45) is 9.72. The Morgan fingerprint density at radius 1 is 1.53 bits per heavy atom. The average molecular weight is 230 g/mol. The van der Waals surface area contributed by atoms with Crippen LogP contribution in [0.5, 0.6) is 0 Å². The Kier molecular flexibility index (Phi) is 2.63. The molecular weight excluding hydrogens is 212 g/mol. The van der Waals surface area contributed by atoms with Crippen LogP contribution in [0.1, 0.15) is 13.3 Å². The first kappa shape index (κ1) is 10.8. The highest BCUT2D eigenvalue weighted by Crippen LogP contribution is 2.37. The number of nitrogens with one attached hydrogen (secondary N) is 1. The lowest BCUT2D eigenvalue weighted by molar-refractivity contribution is -0.128. The molecule has 17 heavy (non-hydrogen) atoms. The van der Waals surface area contributed by atoms with Crippen molar-refractivity contribution in [3.05, 3.63) is 35.5 Å². The van der Waals surface area contributed by atoms with Crippen LogP contribution in [0, 0.1) is 5.92 Å². The van der Waals surface area contributed by atoms with E-state index in [1.807, 2.05) is 4.90 Å². The predicted molar refractivity (Wildman–Crippen MR) is 67.5 cm³/mol. The fourth-order valence-corrected chi connectivity index (χ4v) is 3.05. The van der Waals surface area contributed by atoms with Crippen molar-refractivity contribution < 1.29 is 4.79 Å². The number of amides is 1. The van der Waals surface area contributed by atoms with Gasteiger partial charge in [-0.15, -0.1) is 0 Å². The number of hydrogen-bond acceptors (Lipinski definition) is 2. The number of rotatable bonds is 3. The van der Waals surface area contributed by atoms with Crippen molar-refractivity contribution in [2.24, 2.45) is 5.92 Å². The van der Waals surface area contributed by atoms with Crippen LogP contribution in [0.15, 0.2) is 35.5 Å². The van der Waals surface area contributed by atoms with Crippen molar-refractivity contribution in [2.45, 2.75) is 19.4 Å². The molecule has 0 aromatic rings. The van der Waals surface area contributed by atoms with Crippen LogP contribution in [-0.4, -0.2) is 36.5 Å². The Labute approximate surface area is 102 Å². The van der Waals surface area contributed by atoms with Gasteiger partial charge in [0.25, 0.3) is 5.91 Å². The highest BCUT2D eigenvalue weighted by Gasteiger charge is 2.41. The lowest BCUT2D eigenvalue weighted by Gasteiger charge is -2.34. The predicted octanol–water partition coefficient (Wildman–Crippen LogP) is 1.25. The third kappa shape index (κ3) is 1.65. The molecule has 1 fully saturated rings. The molecule has 0 bridgehead atoms. The van der Waals surface area contributed by atoms with E-state index in [1.165, 1.54) is 5.57 Å². The largest absolute Gasteiger partial charge is 0.331 e. The minimum absolute atomic E-state index is 0.228. The van der Waals surface area contributed by atoms with Crippen LogP contribution in [0.4, 0.5) is 0 Å². The molecule has 3 heteroatoms. The van der Waals surface area contributed by atoms with E-state index in [4.69, 9.17) is 0 Å². The molecule has 0 spiro atoms. The van der Waals surface area contributed by atoms with Gasteiger partial charge in [-0.05, 0) is 24.6 Å². The first-order chi connectivity index (χ1) is 8.31. The summed E-state index contributed by atoms with van der Waals surface area (Å²) in [5.41, 5.74) is 2.22. The van der Waals surface area contributed by atoms with E-state index in [1.54, 1.807) is 0 Å². The molecule has 0 saturated carbocycles. The highest BCUT2D eigenvalue weighted by atomic mass is 16.2. The van der Waals surface area contributed by atoms with Crippen molar-refractivity contribution in [3.63, 3.8) is 0 Å². The Bertz CT molecular complexity index is 434. The zero-order valence-electron chi connectivity index (χ0n) is 10.1. The quantitative estimate of drug-likeness (QED) is 0.791. The van der Waals surface area contributed by atoms with Crippen molar-refractivity contribution >= 4 is 5.91 Å². The molecule has 0 radical (unpaired) electrons. The standard InChI is InChI=1S/C14H18N2O/c1-2-15-9-12-8-11-5-3-4-10-6-7-16(13(10)11)14(12)17/h3-5,8,10,13,15H,2,6-7,9H2,1H3. The van der Waals surface area contributed by atoms with Gasteiger partial charge in [-0.1, -0.05) is 25.2 Å². The molecule has 2 atom stereocenters. The first-order valence-corrected chi connectivity index (χ1v) is 6.42. The lowest BCUT2D eigenvalue weighted by atomic mass is 9.86. The summed E-state index contributed by atoms with van der Waals surface area (Å²) in [6, 6.07) is 0.317. The SMILES string of the molecule is CCNCC1=CC2=CC=CC3CCN(C1=O)C23. The van der Waals surface area contributed by atoms with E-state index < -0.39 is 0 Å². The van der Waals surface area contributed by atoms with Crippen molar-refractivity contribution in [2.75, 3.05) is 19.6 Å². The van der Waals surface area contributed by atoms with Crippen LogP contribution in [0.3, 0.4) is 0 Å². The second-order valence-electron chi connectivity index (χ2n) is 4.90. The fourth-order valence-electron chi connectivity index (χ4n) is 3.05. The second kappa shape index (κ2) is 4.15. The van der Waals surface area contributed by atoms with Gasteiger partial charge in [0, 0.05) is 24.6 Å². The Hall–Kier alpha value is -1.35. The summed E-state index contributed by atoms with van der Waals surface area (Å²) in [4.78, 5) is 14.4. The normalized spacial score (nSPS) is 30.2. The second-order valence-corrected chi connectivity index (χ2v) is 4.90. The van der Waals surface area contributed by atoms with Gasteiger partial charge in [-0.25, -0.2) is 0 Å². The highest BCUT2D eigenvalue weighted by molar-refractivity contribution is 5.97. The van der Waals surface area contributed by atoms with E-state index >= 15 is 0 Å². The minimum Gasteiger partial charge on any atom is -0.331 e. The number of hydrogen-bond donors (Lipinski definition) is 1. The van der Waals surface area contributed by atoms with Crippen LogP contribution in [-0.2, 0) is 4.79 Å². The van der Waals surface area contributed by atoms with Crippen LogP contribution >= 0.6 is 0 Å². The summed E-state index contributed by atoms with van der Waals surface area (Å²) >= 11 is 0. The Balaban J connectivity index is 1.93. The van der Waals surface area contributed by atoms with Gasteiger partial charge in [-0.2, -0.15) is 0 Å². The number of nitrogens with zero attached hydrogens (tertiary/aromatic N) is 1. The molecule has 3 rings (SSSR count). The van der Waals surface area contributed by atoms with Gasteiger partial charge in [0.1, 0.15) is 0 Å². The van der Waals surface area contributed by atoms with E-state index in [2.05, 4.69) is 36.5 Å². The van der Waals surface area contributed by atoms with E-state index in [-0.39, 0.29) is 5.91 Å². The summed E-state index contributed by atoms with van der Waals surface area (Å²) in [5.74, 6) is 0.766. The molecule has 2 heterocycles. The molecule has 3 aliphatic rings. The van der Waals surface area contributed by atoms with Crippen LogP contribution in [0.2, 0.25) is 0 Å². The van der Waals surface area contributed by atoms with Gasteiger partial charge in [0.15, 0.2) is 0 Å². The monoisotopic (exact) mass is 230 g/mol. The smallest absolute Gasteiger partial charge is 0.251 e. The molecule has 1 N–H and O–H groups in total. The number of allylic oxidation sites excluding steroid dienone is 2. The number of carbonyl (C=O) groups excluding carboxylic acids is 1. The van der Waals surface area contributed by atoms with Crippen molar-refractivity contribution in [1.29, 1.82) is 0 Å². The fraction of sp³-hybridized carbons (Fsp3) is 0.500. The van der Waals surface area contributed by atoms with Gasteiger partial charge in [0.05, 0.1) is 6.04 Å². The average Bonchev–Trinajstić information content (AvgIpc) is 2.78. The van der Waals surface area contributed by atoms with Crippen molar-refractivity contribution in [1.82, 2.24) is 10.2 Å². The third-order valence-corrected chi connectivity index (χ3v) is 3.88. The van der Waals surface area contributed by atoms with Gasteiger partial charge in [0.2, 0.25) is 0 Å². The Morgan fingerprint density at radius 3 is 3.24 bits per heavy atom. The molecule has 1 aliphatic carbocycles. The van der Waals surface area contributed by atoms with Gasteiger partial charge in [-0.3, -0.25) is 4.79 Å². The van der Waals surface area contributed by atoms with Gasteiger partial charge >= 0.3 is 0 Å². The zero-order valence-corrected chi connectivity index (χ0v) is 10.1. The maximum Gasteiger partial charge on any atom is 0.251 e. The molecule has 1 saturated heterocycles. The molecule has 90 valence electrons. The van der Waals surface area contributed by atoms with E-state index in [0.717, 1.165) is 25.1 Å². The number of carbonyl (C=O) groups is 1. The molecule has 0 aromatic heterocycles. The topological polar surface area (TPSA) is 32.3 Å². The van der Waals surface area contributed by atoms with Gasteiger partial charge < -0.3 is 10.2 Å². The molecular formula is C14H18N2O. The molecule has 1 amide bonds. The molecule has 2 aliphatic heterocycles. The zero-order chi connectivity index (χ0) is 11.8. The summed E-state index contributed by atoms with van der Waals surface area (Å²) in [7, 11) is 0. The van der Waals surface area contributed by atoms with E-state index in [0.29, 0.717) is 18.5 Å². The Morgan fingerprint density at radius 2 is 2.41 bits per heavy atom. The summed E-state index contributed by atoms with van der Waals surface area (Å²) in [5, 5.41) is 3.24. The molecule has 3 nitrogen and oxygen atoms in total. The lowest BCUT2D eigenvalue weighted by Crippen LogP contribution is -2.44. The molecule has 2 unspecified atom stereocenters. The van der Waals surface area contributed by atoms with Crippen LogP contribution in [0.25, 0.3) is 0 Å². The minimum atomic E-state index is 0.228. The van der Waals surface area contributed by atoms with Crippen molar-refractivity contribution in [3.8, 4) is 0 Å². The maximum atomic E-state index is 12.3. The number of likely N-dealkylation sites (N-methyl/N-ethyl adjacent to an activating group) is 1. The third-order valence-electron chi connectivity index (χ3n) is 3.88.